The highest BCUT2D eigenvalue weighted by Crippen LogP contribution is 2.05. The van der Waals surface area contributed by atoms with Crippen molar-refractivity contribution in [1.82, 2.24) is 20.9 Å². The van der Waals surface area contributed by atoms with E-state index in [1.165, 1.54) is 5.56 Å². The van der Waals surface area contributed by atoms with Crippen LogP contribution in [-0.4, -0.2) is 68.3 Å². The lowest BCUT2D eigenvalue weighted by molar-refractivity contribution is -0.125. The second-order valence-corrected chi connectivity index (χ2v) is 6.57. The van der Waals surface area contributed by atoms with Crippen molar-refractivity contribution >= 4 is 5.91 Å². The third-order valence-electron chi connectivity index (χ3n) is 4.52. The molecule has 1 fully saturated rings. The first-order valence-electron chi connectivity index (χ1n) is 9.36. The zero-order valence-electron chi connectivity index (χ0n) is 15.0. The third kappa shape index (κ3) is 7.96. The number of rotatable bonds is 4. The van der Waals surface area contributed by atoms with E-state index in [9.17, 15) is 9.90 Å². The Balaban J connectivity index is 1.90. The predicted octanol–water partition coefficient (Wildman–Crippen LogP) is 0.186. The van der Waals surface area contributed by atoms with Gasteiger partial charge in [-0.25, -0.2) is 0 Å². The van der Waals surface area contributed by atoms with Crippen molar-refractivity contribution in [3.8, 4) is 0 Å². The molecular weight excluding hydrogens is 316 g/mol. The van der Waals surface area contributed by atoms with Crippen molar-refractivity contribution < 1.29 is 9.90 Å². The Hall–Kier alpha value is -1.47. The lowest BCUT2D eigenvalue weighted by atomic mass is 10.1. The van der Waals surface area contributed by atoms with Crippen LogP contribution in [0.5, 0.6) is 0 Å². The smallest absolute Gasteiger partial charge is 0.224 e. The average Bonchev–Trinajstić information content (AvgIpc) is 2.63. The Morgan fingerprint density at radius 3 is 2.64 bits per heavy atom. The van der Waals surface area contributed by atoms with Crippen LogP contribution in [0.25, 0.3) is 0 Å². The van der Waals surface area contributed by atoms with E-state index in [2.05, 4.69) is 45.1 Å². The van der Waals surface area contributed by atoms with Crippen molar-refractivity contribution in [2.75, 3.05) is 52.4 Å². The number of hydrogen-bond donors (Lipinski definition) is 4. The molecule has 1 aliphatic heterocycles. The number of amides is 1. The molecule has 1 aromatic carbocycles. The van der Waals surface area contributed by atoms with Crippen molar-refractivity contribution in [1.29, 1.82) is 0 Å². The summed E-state index contributed by atoms with van der Waals surface area (Å²) in [7, 11) is 0. The molecule has 140 valence electrons. The van der Waals surface area contributed by atoms with E-state index in [0.717, 1.165) is 45.7 Å². The van der Waals surface area contributed by atoms with Crippen molar-refractivity contribution in [2.24, 2.45) is 5.92 Å². The molecule has 0 spiro atoms. The SMILES string of the molecule is O=C1NCCN(Cc2ccccc2)CCCNCCNCC1CCO. The lowest BCUT2D eigenvalue weighted by Crippen LogP contribution is -2.43. The van der Waals surface area contributed by atoms with Gasteiger partial charge in [0.1, 0.15) is 0 Å². The van der Waals surface area contributed by atoms with Gasteiger partial charge in [0, 0.05) is 45.9 Å². The van der Waals surface area contributed by atoms with Crippen LogP contribution in [0.1, 0.15) is 18.4 Å². The summed E-state index contributed by atoms with van der Waals surface area (Å²) in [6, 6.07) is 10.5. The first-order chi connectivity index (χ1) is 12.3. The Morgan fingerprint density at radius 2 is 1.84 bits per heavy atom. The number of benzene rings is 1. The standard InChI is InChI=1S/C19H32N4O2/c24-14-7-18-15-21-10-9-20-8-4-12-23(13-11-22-19(18)25)16-17-5-2-1-3-6-17/h1-3,5-6,18,20-21,24H,4,7-16H2,(H,22,25). The molecule has 4 N–H and O–H groups in total. The van der Waals surface area contributed by atoms with E-state index in [1.54, 1.807) is 0 Å². The van der Waals surface area contributed by atoms with Gasteiger partial charge in [-0.2, -0.15) is 0 Å². The van der Waals surface area contributed by atoms with Gasteiger partial charge in [0.15, 0.2) is 0 Å². The number of carbonyl (C=O) groups excluding carboxylic acids is 1. The van der Waals surface area contributed by atoms with Crippen molar-refractivity contribution in [2.45, 2.75) is 19.4 Å². The van der Waals surface area contributed by atoms with Crippen molar-refractivity contribution in [3.05, 3.63) is 35.9 Å². The van der Waals surface area contributed by atoms with E-state index in [1.807, 2.05) is 6.07 Å². The number of aliphatic hydroxyl groups is 1. The summed E-state index contributed by atoms with van der Waals surface area (Å²) in [5, 5.41) is 19.0. The minimum atomic E-state index is -0.171. The number of nitrogens with one attached hydrogen (secondary N) is 3. The van der Waals surface area contributed by atoms with Gasteiger partial charge in [0.05, 0.1) is 5.92 Å². The van der Waals surface area contributed by atoms with Crippen LogP contribution in [0.3, 0.4) is 0 Å². The Bertz CT molecular complexity index is 484. The molecule has 1 amide bonds. The minimum Gasteiger partial charge on any atom is -0.396 e. The normalized spacial score (nSPS) is 22.1. The fraction of sp³-hybridized carbons (Fsp3) is 0.632. The van der Waals surface area contributed by atoms with E-state index < -0.39 is 0 Å². The van der Waals surface area contributed by atoms with Crippen LogP contribution in [0, 0.1) is 5.92 Å². The van der Waals surface area contributed by atoms with Gasteiger partial charge < -0.3 is 21.1 Å². The fourth-order valence-electron chi connectivity index (χ4n) is 3.08. The number of aliphatic hydroxyl groups excluding tert-OH is 1. The topological polar surface area (TPSA) is 76.6 Å². The molecule has 6 nitrogen and oxygen atoms in total. The highest BCUT2D eigenvalue weighted by Gasteiger charge is 2.17. The molecule has 1 heterocycles. The molecule has 0 radical (unpaired) electrons. The van der Waals surface area contributed by atoms with Gasteiger partial charge in [-0.05, 0) is 31.5 Å². The summed E-state index contributed by atoms with van der Waals surface area (Å²) in [5.41, 5.74) is 1.30. The highest BCUT2D eigenvalue weighted by molar-refractivity contribution is 5.78. The van der Waals surface area contributed by atoms with Crippen LogP contribution in [0.4, 0.5) is 0 Å². The predicted molar refractivity (Wildman–Crippen MR) is 100 cm³/mol. The molecular formula is C19H32N4O2. The number of hydrogen-bond acceptors (Lipinski definition) is 5. The van der Waals surface area contributed by atoms with Gasteiger partial charge >= 0.3 is 0 Å². The molecule has 25 heavy (non-hydrogen) atoms. The van der Waals surface area contributed by atoms with Gasteiger partial charge in [0.2, 0.25) is 5.91 Å². The summed E-state index contributed by atoms with van der Waals surface area (Å²) in [6.45, 7) is 6.76. The van der Waals surface area contributed by atoms with E-state index in [0.29, 0.717) is 19.5 Å². The number of nitrogens with zero attached hydrogens (tertiary/aromatic N) is 1. The summed E-state index contributed by atoms with van der Waals surface area (Å²) in [5.74, 6) is -0.137. The zero-order valence-corrected chi connectivity index (χ0v) is 15.0. The molecule has 1 atom stereocenters. The Labute approximate surface area is 151 Å². The maximum Gasteiger partial charge on any atom is 0.224 e. The maximum atomic E-state index is 12.3. The van der Waals surface area contributed by atoms with E-state index >= 15 is 0 Å². The summed E-state index contributed by atoms with van der Waals surface area (Å²) < 4.78 is 0. The Morgan fingerprint density at radius 1 is 1.04 bits per heavy atom. The average molecular weight is 348 g/mol. The molecule has 1 aliphatic rings. The van der Waals surface area contributed by atoms with Crippen molar-refractivity contribution in [3.63, 3.8) is 0 Å². The molecule has 6 heteroatoms. The minimum absolute atomic E-state index is 0.0335. The van der Waals surface area contributed by atoms with E-state index in [4.69, 9.17) is 0 Å². The maximum absolute atomic E-state index is 12.3. The highest BCUT2D eigenvalue weighted by atomic mass is 16.3. The second kappa shape index (κ2) is 12.0. The summed E-state index contributed by atoms with van der Waals surface area (Å²) >= 11 is 0. The largest absolute Gasteiger partial charge is 0.396 e. The van der Waals surface area contributed by atoms with Crippen LogP contribution in [0.15, 0.2) is 30.3 Å². The first-order valence-corrected chi connectivity index (χ1v) is 9.36. The molecule has 2 rings (SSSR count). The Kier molecular flexibility index (Phi) is 9.51. The van der Waals surface area contributed by atoms with E-state index in [-0.39, 0.29) is 18.4 Å². The van der Waals surface area contributed by atoms with Gasteiger partial charge in [-0.1, -0.05) is 30.3 Å². The summed E-state index contributed by atoms with van der Waals surface area (Å²) in [4.78, 5) is 14.7. The third-order valence-corrected chi connectivity index (χ3v) is 4.52. The first kappa shape index (κ1) is 19.8. The fourth-order valence-corrected chi connectivity index (χ4v) is 3.08. The molecule has 0 aromatic heterocycles. The molecule has 1 unspecified atom stereocenters. The molecule has 0 bridgehead atoms. The molecule has 1 aromatic rings. The molecule has 1 saturated heterocycles. The lowest BCUT2D eigenvalue weighted by Gasteiger charge is -2.24. The van der Waals surface area contributed by atoms with Crippen LogP contribution >= 0.6 is 0 Å². The summed E-state index contributed by atoms with van der Waals surface area (Å²) in [6.07, 6.45) is 1.59. The zero-order chi connectivity index (χ0) is 17.7. The van der Waals surface area contributed by atoms with Crippen LogP contribution < -0.4 is 16.0 Å². The molecule has 0 saturated carbocycles. The quantitative estimate of drug-likeness (QED) is 0.625. The van der Waals surface area contributed by atoms with Gasteiger partial charge in [-0.3, -0.25) is 9.69 Å². The van der Waals surface area contributed by atoms with Crippen LogP contribution in [-0.2, 0) is 11.3 Å². The van der Waals surface area contributed by atoms with Gasteiger partial charge in [0.25, 0.3) is 0 Å². The van der Waals surface area contributed by atoms with Crippen LogP contribution in [0.2, 0.25) is 0 Å². The monoisotopic (exact) mass is 348 g/mol. The number of carbonyl (C=O) groups is 1. The van der Waals surface area contributed by atoms with Gasteiger partial charge in [-0.15, -0.1) is 0 Å². The molecule has 0 aliphatic carbocycles. The second-order valence-electron chi connectivity index (χ2n) is 6.57.